The van der Waals surface area contributed by atoms with Crippen molar-refractivity contribution >= 4 is 29.3 Å². The van der Waals surface area contributed by atoms with Gasteiger partial charge in [0.25, 0.3) is 0 Å². The number of carbonyl (C=O) groups excluding carboxylic acids is 2. The maximum Gasteiger partial charge on any atom is 0.337 e. The Hall–Kier alpha value is -3.20. The van der Waals surface area contributed by atoms with Crippen LogP contribution >= 0.6 is 11.8 Å². The van der Waals surface area contributed by atoms with E-state index in [4.69, 9.17) is 0 Å². The van der Waals surface area contributed by atoms with E-state index in [-0.39, 0.29) is 11.7 Å². The van der Waals surface area contributed by atoms with Crippen LogP contribution in [0.5, 0.6) is 0 Å². The van der Waals surface area contributed by atoms with E-state index in [9.17, 15) is 9.59 Å². The van der Waals surface area contributed by atoms with E-state index < -0.39 is 5.97 Å². The molecule has 1 N–H and O–H groups in total. The number of ether oxygens (including phenoxy) is 1. The lowest BCUT2D eigenvalue weighted by atomic mass is 10.1. The van der Waals surface area contributed by atoms with Crippen molar-refractivity contribution in [3.8, 4) is 5.69 Å². The molecule has 0 saturated heterocycles. The Labute approximate surface area is 179 Å². The Bertz CT molecular complexity index is 987. The molecule has 0 saturated carbocycles. The minimum absolute atomic E-state index is 0.147. The second-order valence-corrected chi connectivity index (χ2v) is 7.49. The van der Waals surface area contributed by atoms with Crippen molar-refractivity contribution in [2.24, 2.45) is 0 Å². The number of thioether (sulfide) groups is 1. The van der Waals surface area contributed by atoms with Gasteiger partial charge < -0.3 is 10.1 Å². The molecule has 1 aromatic heterocycles. The van der Waals surface area contributed by atoms with Gasteiger partial charge in [-0.05, 0) is 65.2 Å². The predicted molar refractivity (Wildman–Crippen MR) is 115 cm³/mol. The summed E-state index contributed by atoms with van der Waals surface area (Å²) in [6, 6.07) is 14.6. The van der Waals surface area contributed by atoms with E-state index in [1.807, 2.05) is 12.1 Å². The van der Waals surface area contributed by atoms with Crippen LogP contribution in [0.15, 0.2) is 53.7 Å². The molecule has 0 spiro atoms. The Kier molecular flexibility index (Phi) is 7.56. The third kappa shape index (κ3) is 5.66. The van der Waals surface area contributed by atoms with Crippen LogP contribution in [0.1, 0.15) is 35.7 Å². The second-order valence-electron chi connectivity index (χ2n) is 6.55. The molecule has 1 amide bonds. The summed E-state index contributed by atoms with van der Waals surface area (Å²) in [5, 5.41) is 15.1. The van der Waals surface area contributed by atoms with Crippen molar-refractivity contribution in [2.45, 2.75) is 31.3 Å². The summed E-state index contributed by atoms with van der Waals surface area (Å²) in [4.78, 5) is 23.7. The van der Waals surface area contributed by atoms with E-state index in [0.717, 1.165) is 24.9 Å². The largest absolute Gasteiger partial charge is 0.465 e. The van der Waals surface area contributed by atoms with E-state index >= 15 is 0 Å². The average molecular weight is 426 g/mol. The number of hydrogen-bond acceptors (Lipinski definition) is 7. The maximum absolute atomic E-state index is 12.3. The Morgan fingerprint density at radius 2 is 1.83 bits per heavy atom. The number of esters is 1. The Morgan fingerprint density at radius 3 is 2.50 bits per heavy atom. The van der Waals surface area contributed by atoms with Crippen LogP contribution in [-0.4, -0.2) is 44.9 Å². The van der Waals surface area contributed by atoms with Crippen molar-refractivity contribution in [2.75, 3.05) is 18.2 Å². The van der Waals surface area contributed by atoms with E-state index in [2.05, 4.69) is 44.6 Å². The third-order valence-corrected chi connectivity index (χ3v) is 5.28. The number of aryl methyl sites for hydroxylation is 1. The number of aromatic nitrogens is 4. The van der Waals surface area contributed by atoms with Crippen LogP contribution in [0.25, 0.3) is 5.69 Å². The summed E-state index contributed by atoms with van der Waals surface area (Å²) >= 11 is 1.25. The molecular weight excluding hydrogens is 402 g/mol. The lowest BCUT2D eigenvalue weighted by Crippen LogP contribution is -2.14. The van der Waals surface area contributed by atoms with Gasteiger partial charge in [-0.15, -0.1) is 5.10 Å². The van der Waals surface area contributed by atoms with Crippen LogP contribution in [-0.2, 0) is 16.0 Å². The number of nitrogens with zero attached hydrogens (tertiary/aromatic N) is 4. The first-order valence-corrected chi connectivity index (χ1v) is 10.6. The van der Waals surface area contributed by atoms with Gasteiger partial charge in [-0.25, -0.2) is 4.79 Å². The van der Waals surface area contributed by atoms with Gasteiger partial charge in [0.05, 0.1) is 24.1 Å². The molecule has 0 atom stereocenters. The van der Waals surface area contributed by atoms with Crippen LogP contribution in [0, 0.1) is 0 Å². The summed E-state index contributed by atoms with van der Waals surface area (Å²) < 4.78 is 6.28. The fraction of sp³-hybridized carbons (Fsp3) is 0.286. The minimum Gasteiger partial charge on any atom is -0.465 e. The number of benzene rings is 2. The van der Waals surface area contributed by atoms with Crippen molar-refractivity contribution < 1.29 is 14.3 Å². The number of anilines is 1. The topological polar surface area (TPSA) is 99.0 Å². The molecule has 0 fully saturated rings. The summed E-state index contributed by atoms with van der Waals surface area (Å²) in [5.41, 5.74) is 3.14. The number of carbonyl (C=O) groups is 2. The van der Waals surface area contributed by atoms with Gasteiger partial charge in [0.1, 0.15) is 0 Å². The molecule has 8 nitrogen and oxygen atoms in total. The van der Waals surface area contributed by atoms with Crippen LogP contribution in [0.3, 0.4) is 0 Å². The molecule has 0 unspecified atom stereocenters. The van der Waals surface area contributed by atoms with Gasteiger partial charge in [-0.3, -0.25) is 4.79 Å². The van der Waals surface area contributed by atoms with Crippen molar-refractivity contribution in [3.63, 3.8) is 0 Å². The van der Waals surface area contributed by atoms with Gasteiger partial charge in [-0.1, -0.05) is 37.2 Å². The monoisotopic (exact) mass is 425 g/mol. The molecule has 0 aliphatic carbocycles. The first-order chi connectivity index (χ1) is 14.6. The summed E-state index contributed by atoms with van der Waals surface area (Å²) in [6.45, 7) is 2.17. The molecular formula is C21H23N5O3S. The molecule has 3 aromatic rings. The molecule has 3 rings (SSSR count). The van der Waals surface area contributed by atoms with Gasteiger partial charge in [-0.2, -0.15) is 4.68 Å². The number of nitrogens with one attached hydrogen (secondary N) is 1. The molecule has 1 heterocycles. The molecule has 0 radical (unpaired) electrons. The number of rotatable bonds is 9. The second kappa shape index (κ2) is 10.5. The van der Waals surface area contributed by atoms with E-state index in [0.29, 0.717) is 16.4 Å². The van der Waals surface area contributed by atoms with Crippen LogP contribution < -0.4 is 5.32 Å². The zero-order valence-electron chi connectivity index (χ0n) is 16.9. The number of unbranched alkanes of at least 4 members (excludes halogenated alkanes) is 1. The fourth-order valence-corrected chi connectivity index (χ4v) is 3.44. The normalized spacial score (nSPS) is 10.6. The molecule has 156 valence electrons. The van der Waals surface area contributed by atoms with Crippen molar-refractivity contribution in [1.29, 1.82) is 0 Å². The molecule has 0 bridgehead atoms. The molecule has 0 aliphatic heterocycles. The number of hydrogen-bond donors (Lipinski definition) is 1. The third-order valence-electron chi connectivity index (χ3n) is 4.36. The van der Waals surface area contributed by atoms with E-state index in [1.165, 1.54) is 24.4 Å². The first kappa shape index (κ1) is 21.5. The average Bonchev–Trinajstić information content (AvgIpc) is 3.25. The molecule has 9 heteroatoms. The zero-order valence-corrected chi connectivity index (χ0v) is 17.7. The first-order valence-electron chi connectivity index (χ1n) is 9.59. The number of tetrazole rings is 1. The molecule has 0 aliphatic rings. The highest BCUT2D eigenvalue weighted by Crippen LogP contribution is 2.19. The molecule has 30 heavy (non-hydrogen) atoms. The lowest BCUT2D eigenvalue weighted by molar-refractivity contribution is -0.113. The fourth-order valence-electron chi connectivity index (χ4n) is 2.75. The highest BCUT2D eigenvalue weighted by molar-refractivity contribution is 7.99. The number of methoxy groups -OCH3 is 1. The SMILES string of the molecule is CCCCc1ccc(-n2nnnc2SCC(=O)Nc2ccc(C(=O)OC)cc2)cc1. The van der Waals surface area contributed by atoms with Crippen LogP contribution in [0.2, 0.25) is 0 Å². The lowest BCUT2D eigenvalue weighted by Gasteiger charge is -2.07. The summed E-state index contributed by atoms with van der Waals surface area (Å²) in [7, 11) is 1.32. The maximum atomic E-state index is 12.3. The standard InChI is InChI=1S/C21H23N5O3S/c1-3-4-5-15-6-12-18(13-7-15)26-21(23-24-25-26)30-14-19(27)22-17-10-8-16(9-11-17)20(28)29-2/h6-13H,3-5,14H2,1-2H3,(H,22,27). The predicted octanol–water partition coefficient (Wildman–Crippen LogP) is 3.52. The molecule has 2 aromatic carbocycles. The van der Waals surface area contributed by atoms with Crippen molar-refractivity contribution in [3.05, 3.63) is 59.7 Å². The Morgan fingerprint density at radius 1 is 1.10 bits per heavy atom. The zero-order chi connectivity index (χ0) is 21.3. The van der Waals surface area contributed by atoms with Gasteiger partial charge >= 0.3 is 5.97 Å². The summed E-state index contributed by atoms with van der Waals surface area (Å²) in [5.74, 6) is -0.475. The number of amides is 1. The minimum atomic E-state index is -0.423. The Balaban J connectivity index is 1.57. The van der Waals surface area contributed by atoms with Gasteiger partial charge in [0.2, 0.25) is 11.1 Å². The smallest absolute Gasteiger partial charge is 0.337 e. The quantitative estimate of drug-likeness (QED) is 0.414. The highest BCUT2D eigenvalue weighted by Gasteiger charge is 2.12. The van der Waals surface area contributed by atoms with E-state index in [1.54, 1.807) is 28.9 Å². The van der Waals surface area contributed by atoms with Crippen LogP contribution in [0.4, 0.5) is 5.69 Å². The van der Waals surface area contributed by atoms with Gasteiger partial charge in [0.15, 0.2) is 0 Å². The van der Waals surface area contributed by atoms with Gasteiger partial charge in [0, 0.05) is 5.69 Å². The highest BCUT2D eigenvalue weighted by atomic mass is 32.2. The summed E-state index contributed by atoms with van der Waals surface area (Å²) in [6.07, 6.45) is 3.37. The van der Waals surface area contributed by atoms with Crippen molar-refractivity contribution in [1.82, 2.24) is 20.2 Å².